The Kier molecular flexibility index (Phi) is 6.38. The van der Waals surface area contributed by atoms with E-state index in [1.807, 2.05) is 0 Å². The van der Waals surface area contributed by atoms with Crippen molar-refractivity contribution in [3.05, 3.63) is 12.2 Å². The molecule has 0 spiro atoms. The summed E-state index contributed by atoms with van der Waals surface area (Å²) in [4.78, 5) is 10.1. The van der Waals surface area contributed by atoms with Crippen LogP contribution < -0.4 is 0 Å². The number of unbranched alkanes of at least 4 members (excludes halogenated alkanes) is 1. The summed E-state index contributed by atoms with van der Waals surface area (Å²) in [6, 6.07) is 0. The molecule has 0 bridgehead atoms. The summed E-state index contributed by atoms with van der Waals surface area (Å²) in [5, 5.41) is 0. The number of allylic oxidation sites excluding steroid dienone is 2. The first kappa shape index (κ1) is 11.5. The molecule has 80 valence electrons. The van der Waals surface area contributed by atoms with Gasteiger partial charge in [-0.15, -0.1) is 0 Å². The zero-order valence-corrected chi connectivity index (χ0v) is 9.08. The lowest BCUT2D eigenvalue weighted by Crippen LogP contribution is -2.05. The molecular weight excluding hydrogens is 172 g/mol. The minimum Gasteiger partial charge on any atom is -0.303 e. The van der Waals surface area contributed by atoms with E-state index < -0.39 is 0 Å². The van der Waals surface area contributed by atoms with E-state index in [4.69, 9.17) is 0 Å². The Hall–Kier alpha value is -0.590. The number of carbonyl (C=O) groups is 1. The van der Waals surface area contributed by atoms with Gasteiger partial charge < -0.3 is 4.79 Å². The number of carbonyl (C=O) groups excluding carboxylic acids is 1. The summed E-state index contributed by atoms with van der Waals surface area (Å²) in [5.41, 5.74) is 0. The maximum Gasteiger partial charge on any atom is 0.120 e. The third kappa shape index (κ3) is 5.21. The topological polar surface area (TPSA) is 17.1 Å². The molecule has 1 fully saturated rings. The van der Waals surface area contributed by atoms with Crippen molar-refractivity contribution in [2.24, 2.45) is 5.92 Å². The fourth-order valence-corrected chi connectivity index (χ4v) is 2.21. The molecule has 1 heteroatoms. The van der Waals surface area contributed by atoms with Crippen LogP contribution in [-0.4, -0.2) is 6.29 Å². The molecule has 0 aromatic rings. The fourth-order valence-electron chi connectivity index (χ4n) is 2.21. The maximum absolute atomic E-state index is 10.1. The van der Waals surface area contributed by atoms with Crippen LogP contribution in [-0.2, 0) is 4.79 Å². The second kappa shape index (κ2) is 7.78. The van der Waals surface area contributed by atoms with Gasteiger partial charge in [-0.1, -0.05) is 44.3 Å². The van der Waals surface area contributed by atoms with E-state index in [1.54, 1.807) is 0 Å². The average Bonchev–Trinajstić information content (AvgIpc) is 2.25. The molecule has 0 saturated heterocycles. The highest BCUT2D eigenvalue weighted by Gasteiger charge is 2.11. The van der Waals surface area contributed by atoms with Crippen LogP contribution in [0.3, 0.4) is 0 Å². The van der Waals surface area contributed by atoms with Crippen molar-refractivity contribution in [1.29, 1.82) is 0 Å². The summed E-state index contributed by atoms with van der Waals surface area (Å²) >= 11 is 0. The van der Waals surface area contributed by atoms with E-state index in [9.17, 15) is 4.79 Å². The minimum atomic E-state index is 0.680. The molecule has 1 aliphatic carbocycles. The Morgan fingerprint density at radius 3 is 2.36 bits per heavy atom. The first-order valence-corrected chi connectivity index (χ1v) is 6.02. The number of hydrogen-bond donors (Lipinski definition) is 0. The summed E-state index contributed by atoms with van der Waals surface area (Å²) in [7, 11) is 0. The molecule has 0 radical (unpaired) electrons. The monoisotopic (exact) mass is 194 g/mol. The summed E-state index contributed by atoms with van der Waals surface area (Å²) in [5.74, 6) is 0.986. The van der Waals surface area contributed by atoms with Crippen LogP contribution in [0.15, 0.2) is 12.2 Å². The second-order valence-corrected chi connectivity index (χ2v) is 4.30. The van der Waals surface area contributed by atoms with Gasteiger partial charge in [0.1, 0.15) is 6.29 Å². The van der Waals surface area contributed by atoms with Gasteiger partial charge in [-0.3, -0.25) is 0 Å². The second-order valence-electron chi connectivity index (χ2n) is 4.30. The van der Waals surface area contributed by atoms with Crippen LogP contribution >= 0.6 is 0 Å². The highest BCUT2D eigenvalue weighted by Crippen LogP contribution is 2.27. The number of aldehydes is 1. The predicted molar refractivity (Wildman–Crippen MR) is 60.2 cm³/mol. The van der Waals surface area contributed by atoms with Crippen molar-refractivity contribution in [1.82, 2.24) is 0 Å². The number of hydrogen-bond acceptors (Lipinski definition) is 1. The third-order valence-corrected chi connectivity index (χ3v) is 3.08. The highest BCUT2D eigenvalue weighted by atomic mass is 16.1. The van der Waals surface area contributed by atoms with Gasteiger partial charge in [0.2, 0.25) is 0 Å². The first-order valence-electron chi connectivity index (χ1n) is 6.02. The first-order chi connectivity index (χ1) is 6.93. The van der Waals surface area contributed by atoms with E-state index in [1.165, 1.54) is 44.9 Å². The molecule has 0 aromatic carbocycles. The molecule has 1 saturated carbocycles. The lowest BCUT2D eigenvalue weighted by atomic mass is 9.86. The van der Waals surface area contributed by atoms with Crippen molar-refractivity contribution >= 4 is 6.29 Å². The SMILES string of the molecule is O=CCC/C=C/CCC1CCCCC1. The van der Waals surface area contributed by atoms with Crippen LogP contribution in [0.2, 0.25) is 0 Å². The standard InChI is InChI=1S/C13H22O/c14-12-8-3-1-2-5-9-13-10-6-4-7-11-13/h1-2,12-13H,3-11H2/b2-1+. The normalized spacial score (nSPS) is 18.9. The Labute approximate surface area is 87.6 Å². The molecule has 0 amide bonds. The Morgan fingerprint density at radius 2 is 1.64 bits per heavy atom. The Bertz CT molecular complexity index is 166. The van der Waals surface area contributed by atoms with Crippen molar-refractivity contribution in [2.75, 3.05) is 0 Å². The van der Waals surface area contributed by atoms with Crippen LogP contribution in [0.4, 0.5) is 0 Å². The summed E-state index contributed by atoms with van der Waals surface area (Å²) < 4.78 is 0. The van der Waals surface area contributed by atoms with Gasteiger partial charge in [-0.2, -0.15) is 0 Å². The molecular formula is C13H22O. The Balaban J connectivity index is 1.96. The van der Waals surface area contributed by atoms with Crippen molar-refractivity contribution in [2.45, 2.75) is 57.8 Å². The molecule has 0 heterocycles. The minimum absolute atomic E-state index is 0.680. The molecule has 1 rings (SSSR count). The van der Waals surface area contributed by atoms with Gasteiger partial charge >= 0.3 is 0 Å². The molecule has 1 nitrogen and oxygen atoms in total. The lowest BCUT2D eigenvalue weighted by Gasteiger charge is -2.20. The zero-order chi connectivity index (χ0) is 10.1. The van der Waals surface area contributed by atoms with Crippen molar-refractivity contribution < 1.29 is 4.79 Å². The molecule has 14 heavy (non-hydrogen) atoms. The van der Waals surface area contributed by atoms with Crippen LogP contribution in [0.1, 0.15) is 57.8 Å². The lowest BCUT2D eigenvalue weighted by molar-refractivity contribution is -0.107. The Morgan fingerprint density at radius 1 is 0.929 bits per heavy atom. The van der Waals surface area contributed by atoms with Crippen molar-refractivity contribution in [3.8, 4) is 0 Å². The van der Waals surface area contributed by atoms with Gasteiger partial charge in [0.05, 0.1) is 0 Å². The van der Waals surface area contributed by atoms with Gasteiger partial charge in [0, 0.05) is 6.42 Å². The van der Waals surface area contributed by atoms with Gasteiger partial charge in [0.25, 0.3) is 0 Å². The molecule has 0 unspecified atom stereocenters. The summed E-state index contributed by atoms with van der Waals surface area (Å²) in [6.07, 6.45) is 16.8. The third-order valence-electron chi connectivity index (χ3n) is 3.08. The van der Waals surface area contributed by atoms with E-state index in [2.05, 4.69) is 12.2 Å². The average molecular weight is 194 g/mol. The number of rotatable bonds is 6. The zero-order valence-electron chi connectivity index (χ0n) is 9.08. The van der Waals surface area contributed by atoms with E-state index in [0.717, 1.165) is 18.6 Å². The fraction of sp³-hybridized carbons (Fsp3) is 0.769. The van der Waals surface area contributed by atoms with Gasteiger partial charge in [0.15, 0.2) is 0 Å². The van der Waals surface area contributed by atoms with Gasteiger partial charge in [-0.25, -0.2) is 0 Å². The van der Waals surface area contributed by atoms with Gasteiger partial charge in [-0.05, 0) is 25.2 Å². The van der Waals surface area contributed by atoms with Crippen LogP contribution in [0.5, 0.6) is 0 Å². The largest absolute Gasteiger partial charge is 0.303 e. The molecule has 0 aromatic heterocycles. The highest BCUT2D eigenvalue weighted by molar-refractivity contribution is 5.49. The predicted octanol–water partition coefficient (Wildman–Crippen LogP) is 3.88. The molecule has 0 atom stereocenters. The quantitative estimate of drug-likeness (QED) is 0.356. The van der Waals surface area contributed by atoms with E-state index in [0.29, 0.717) is 6.42 Å². The summed E-state index contributed by atoms with van der Waals surface area (Å²) in [6.45, 7) is 0. The van der Waals surface area contributed by atoms with Crippen LogP contribution in [0, 0.1) is 5.92 Å². The van der Waals surface area contributed by atoms with Crippen molar-refractivity contribution in [3.63, 3.8) is 0 Å². The molecule has 0 aliphatic heterocycles. The molecule has 0 N–H and O–H groups in total. The van der Waals surface area contributed by atoms with E-state index >= 15 is 0 Å². The smallest absolute Gasteiger partial charge is 0.120 e. The van der Waals surface area contributed by atoms with E-state index in [-0.39, 0.29) is 0 Å². The van der Waals surface area contributed by atoms with Crippen LogP contribution in [0.25, 0.3) is 0 Å². The maximum atomic E-state index is 10.1. The molecule has 1 aliphatic rings.